The molecule has 1 aromatic rings. The molecule has 3 rings (SSSR count). The summed E-state index contributed by atoms with van der Waals surface area (Å²) in [7, 11) is 0. The molecule has 2 heterocycles. The zero-order valence-electron chi connectivity index (χ0n) is 11.9. The molecule has 0 bridgehead atoms. The molecule has 0 aliphatic carbocycles. The third kappa shape index (κ3) is 2.94. The van der Waals surface area contributed by atoms with Crippen molar-refractivity contribution >= 4 is 11.7 Å². The maximum absolute atomic E-state index is 12.1. The number of nitrogens with one attached hydrogen (secondary N) is 2. The molecule has 2 fully saturated rings. The molecule has 0 atom stereocenters. The van der Waals surface area contributed by atoms with E-state index in [-0.39, 0.29) is 6.03 Å². The Morgan fingerprint density at radius 2 is 2.05 bits per heavy atom. The van der Waals surface area contributed by atoms with Crippen molar-refractivity contribution in [3.8, 4) is 0 Å². The van der Waals surface area contributed by atoms with Crippen LogP contribution in [0.1, 0.15) is 5.56 Å². The van der Waals surface area contributed by atoms with E-state index in [0.29, 0.717) is 6.04 Å². The normalized spacial score (nSPS) is 20.6. The van der Waals surface area contributed by atoms with Crippen LogP contribution in [0, 0.1) is 6.92 Å². The number of urea groups is 1. The van der Waals surface area contributed by atoms with Crippen LogP contribution in [0.25, 0.3) is 0 Å². The average Bonchev–Trinajstić information content (AvgIpc) is 2.38. The number of aryl methyl sites for hydroxylation is 1. The lowest BCUT2D eigenvalue weighted by molar-refractivity contribution is 0.0537. The second-order valence-electron chi connectivity index (χ2n) is 5.64. The molecule has 0 aromatic heterocycles. The van der Waals surface area contributed by atoms with Crippen LogP contribution in [0.3, 0.4) is 0 Å². The number of likely N-dealkylation sites (tertiary alicyclic amines) is 1. The van der Waals surface area contributed by atoms with Gasteiger partial charge in [0, 0.05) is 51.0 Å². The molecule has 0 unspecified atom stereocenters. The van der Waals surface area contributed by atoms with E-state index in [0.717, 1.165) is 50.5 Å². The minimum absolute atomic E-state index is 0.0157. The van der Waals surface area contributed by atoms with E-state index in [9.17, 15) is 4.79 Å². The highest BCUT2D eigenvalue weighted by atomic mass is 16.2. The van der Waals surface area contributed by atoms with Crippen molar-refractivity contribution in [2.24, 2.45) is 0 Å². The van der Waals surface area contributed by atoms with Gasteiger partial charge in [0.1, 0.15) is 0 Å². The van der Waals surface area contributed by atoms with Crippen LogP contribution in [0.2, 0.25) is 0 Å². The second kappa shape index (κ2) is 5.81. The van der Waals surface area contributed by atoms with E-state index < -0.39 is 0 Å². The number of rotatable bonds is 2. The summed E-state index contributed by atoms with van der Waals surface area (Å²) >= 11 is 0. The second-order valence-corrected chi connectivity index (χ2v) is 5.64. The smallest absolute Gasteiger partial charge is 0.321 e. The highest BCUT2D eigenvalue weighted by Gasteiger charge is 2.35. The zero-order chi connectivity index (χ0) is 13.9. The lowest BCUT2D eigenvalue weighted by atomic mass is 10.1. The maximum atomic E-state index is 12.1. The molecule has 20 heavy (non-hydrogen) atoms. The van der Waals surface area contributed by atoms with Crippen LogP contribution in [0.5, 0.6) is 0 Å². The summed E-state index contributed by atoms with van der Waals surface area (Å²) in [4.78, 5) is 16.5. The van der Waals surface area contributed by atoms with E-state index in [1.54, 1.807) is 0 Å². The van der Waals surface area contributed by atoms with Gasteiger partial charge in [-0.3, -0.25) is 4.90 Å². The highest BCUT2D eigenvalue weighted by Crippen LogP contribution is 2.17. The molecule has 5 nitrogen and oxygen atoms in total. The number of carbonyl (C=O) groups is 1. The molecular formula is C15H22N4O. The predicted molar refractivity (Wildman–Crippen MR) is 80.0 cm³/mol. The quantitative estimate of drug-likeness (QED) is 0.849. The first-order valence-corrected chi connectivity index (χ1v) is 7.30. The third-order valence-corrected chi connectivity index (χ3v) is 4.09. The molecule has 0 spiro atoms. The van der Waals surface area contributed by atoms with Crippen LogP contribution in [-0.2, 0) is 0 Å². The van der Waals surface area contributed by atoms with Crippen LogP contribution < -0.4 is 10.6 Å². The van der Waals surface area contributed by atoms with E-state index in [4.69, 9.17) is 0 Å². The molecule has 0 radical (unpaired) electrons. The Bertz CT molecular complexity index is 479. The van der Waals surface area contributed by atoms with Gasteiger partial charge in [-0.2, -0.15) is 0 Å². The van der Waals surface area contributed by atoms with Gasteiger partial charge in [0.15, 0.2) is 0 Å². The lowest BCUT2D eigenvalue weighted by Crippen LogP contribution is -2.64. The molecule has 1 aromatic carbocycles. The molecular weight excluding hydrogens is 252 g/mol. The Kier molecular flexibility index (Phi) is 3.89. The lowest BCUT2D eigenvalue weighted by Gasteiger charge is -2.46. The molecule has 2 amide bonds. The van der Waals surface area contributed by atoms with Gasteiger partial charge in [0.05, 0.1) is 0 Å². The molecule has 2 aliphatic heterocycles. The Balaban J connectivity index is 1.48. The Morgan fingerprint density at radius 3 is 2.75 bits per heavy atom. The van der Waals surface area contributed by atoms with Gasteiger partial charge in [-0.15, -0.1) is 0 Å². The number of carbonyl (C=O) groups excluding carboxylic acids is 1. The maximum Gasteiger partial charge on any atom is 0.321 e. The topological polar surface area (TPSA) is 47.6 Å². The minimum Gasteiger partial charge on any atom is -0.321 e. The van der Waals surface area contributed by atoms with E-state index in [1.807, 2.05) is 36.1 Å². The largest absolute Gasteiger partial charge is 0.321 e. The van der Waals surface area contributed by atoms with Crippen molar-refractivity contribution in [1.29, 1.82) is 0 Å². The molecule has 2 saturated heterocycles. The first kappa shape index (κ1) is 13.4. The van der Waals surface area contributed by atoms with Crippen LogP contribution >= 0.6 is 0 Å². The number of nitrogens with zero attached hydrogens (tertiary/aromatic N) is 2. The molecule has 5 heteroatoms. The van der Waals surface area contributed by atoms with Crippen molar-refractivity contribution in [1.82, 2.24) is 15.1 Å². The monoisotopic (exact) mass is 274 g/mol. The summed E-state index contributed by atoms with van der Waals surface area (Å²) in [6.45, 7) is 8.03. The average molecular weight is 274 g/mol. The zero-order valence-corrected chi connectivity index (χ0v) is 11.9. The summed E-state index contributed by atoms with van der Waals surface area (Å²) in [6.07, 6.45) is 0. The molecule has 2 aliphatic rings. The Morgan fingerprint density at radius 1 is 1.30 bits per heavy atom. The Labute approximate surface area is 119 Å². The summed E-state index contributed by atoms with van der Waals surface area (Å²) in [6, 6.07) is 8.47. The van der Waals surface area contributed by atoms with Gasteiger partial charge in [0.25, 0.3) is 0 Å². The van der Waals surface area contributed by atoms with Gasteiger partial charge >= 0.3 is 6.03 Å². The van der Waals surface area contributed by atoms with Gasteiger partial charge in [-0.25, -0.2) is 4.79 Å². The van der Waals surface area contributed by atoms with E-state index in [2.05, 4.69) is 15.5 Å². The van der Waals surface area contributed by atoms with E-state index in [1.165, 1.54) is 0 Å². The first-order valence-electron chi connectivity index (χ1n) is 7.30. The number of benzene rings is 1. The van der Waals surface area contributed by atoms with Gasteiger partial charge in [-0.1, -0.05) is 12.1 Å². The van der Waals surface area contributed by atoms with Crippen molar-refractivity contribution in [2.75, 3.05) is 44.6 Å². The number of anilines is 1. The SMILES string of the molecule is Cc1cccc(NC(=O)N2CC(N3CCNCC3)C2)c1. The van der Waals surface area contributed by atoms with E-state index >= 15 is 0 Å². The standard InChI is InChI=1S/C15H22N4O/c1-12-3-2-4-13(9-12)17-15(20)19-10-14(11-19)18-7-5-16-6-8-18/h2-4,9,14,16H,5-8,10-11H2,1H3,(H,17,20). The minimum atomic E-state index is 0.0157. The number of hydrogen-bond donors (Lipinski definition) is 2. The van der Waals surface area contributed by atoms with Crippen LogP contribution in [0.4, 0.5) is 10.5 Å². The van der Waals surface area contributed by atoms with Gasteiger partial charge < -0.3 is 15.5 Å². The van der Waals surface area contributed by atoms with Crippen LogP contribution in [0.15, 0.2) is 24.3 Å². The first-order chi connectivity index (χ1) is 9.72. The fourth-order valence-corrected chi connectivity index (χ4v) is 2.82. The Hall–Kier alpha value is -1.59. The molecule has 2 N–H and O–H groups in total. The fraction of sp³-hybridized carbons (Fsp3) is 0.533. The molecule has 0 saturated carbocycles. The van der Waals surface area contributed by atoms with Crippen molar-refractivity contribution < 1.29 is 4.79 Å². The fourth-order valence-electron chi connectivity index (χ4n) is 2.82. The van der Waals surface area contributed by atoms with Gasteiger partial charge in [0.2, 0.25) is 0 Å². The third-order valence-electron chi connectivity index (χ3n) is 4.09. The number of piperazine rings is 1. The van der Waals surface area contributed by atoms with Gasteiger partial charge in [-0.05, 0) is 24.6 Å². The summed E-state index contributed by atoms with van der Waals surface area (Å²) in [5.41, 5.74) is 2.03. The van der Waals surface area contributed by atoms with Crippen molar-refractivity contribution in [3.05, 3.63) is 29.8 Å². The van der Waals surface area contributed by atoms with Crippen molar-refractivity contribution in [3.63, 3.8) is 0 Å². The summed E-state index contributed by atoms with van der Waals surface area (Å²) < 4.78 is 0. The van der Waals surface area contributed by atoms with Crippen molar-refractivity contribution in [2.45, 2.75) is 13.0 Å². The van der Waals surface area contributed by atoms with Crippen LogP contribution in [-0.4, -0.2) is 61.1 Å². The highest BCUT2D eigenvalue weighted by molar-refractivity contribution is 5.90. The molecule has 108 valence electrons. The summed E-state index contributed by atoms with van der Waals surface area (Å²) in [5.74, 6) is 0. The summed E-state index contributed by atoms with van der Waals surface area (Å²) in [5, 5.41) is 6.32. The number of hydrogen-bond acceptors (Lipinski definition) is 3. The number of amides is 2. The predicted octanol–water partition coefficient (Wildman–Crippen LogP) is 1.12.